The van der Waals surface area contributed by atoms with Gasteiger partial charge in [0, 0.05) is 99.6 Å². The second-order valence-corrected chi connectivity index (χ2v) is 31.5. The lowest BCUT2D eigenvalue weighted by Crippen LogP contribution is -2.46. The summed E-state index contributed by atoms with van der Waals surface area (Å²) in [6, 6.07) is 41.9. The fraction of sp³-hybridized carbons (Fsp3) is 0.250. The quantitative estimate of drug-likeness (QED) is 0.0345. The third kappa shape index (κ3) is 17.7. The smallest absolute Gasteiger partial charge is 0.329 e. The van der Waals surface area contributed by atoms with E-state index in [2.05, 4.69) is 99.2 Å². The van der Waals surface area contributed by atoms with Crippen LogP contribution >= 0.6 is 69.3 Å². The number of thioether (sulfide) groups is 3. The van der Waals surface area contributed by atoms with Gasteiger partial charge in [-0.15, -0.1) is 69.3 Å². The van der Waals surface area contributed by atoms with Crippen molar-refractivity contribution in [1.82, 2.24) is 24.8 Å². The normalized spacial score (nSPS) is 17.4. The van der Waals surface area contributed by atoms with Crippen LogP contribution < -0.4 is 24.0 Å². The Kier molecular flexibility index (Phi) is 23.9. The van der Waals surface area contributed by atoms with E-state index in [0.29, 0.717) is 95.6 Å². The maximum absolute atomic E-state index is 15.5. The first-order chi connectivity index (χ1) is 53.1. The zero-order valence-corrected chi connectivity index (χ0v) is 62.3. The number of benzene rings is 8. The second kappa shape index (κ2) is 34.2. The molecule has 0 amide bonds. The first-order valence-corrected chi connectivity index (χ1v) is 39.4. The van der Waals surface area contributed by atoms with Crippen LogP contribution in [0.1, 0.15) is 42.8 Å². The van der Waals surface area contributed by atoms with E-state index in [1.807, 2.05) is 53.4 Å². The summed E-state index contributed by atoms with van der Waals surface area (Å²) in [4.78, 5) is 68.5. The first-order valence-electron chi connectivity index (χ1n) is 34.0. The van der Waals surface area contributed by atoms with Crippen LogP contribution in [0.4, 0.5) is 50.9 Å². The standard InChI is InChI=1S/C29H24F4N4O3S2.C29H28N4O3S2.C18H9F5N2O3S2/c30-23-18(13-36-8-10-37(11-9-36)16-4-2-1-3-5-16)24(31)26(33)25(32)19(23)14-40-17-6-7-20-22(12-17)42-28(34-20)27-35-21(15-41-27)29(38)39;34-29(35)25-19-37-27(31-25)28-30-24-10-9-23(16-26(24)38-28)36-18-21-6-4-5-20(15-21)17-32-11-13-33(14-12-32)22-7-2-1-3-8-22;19-11-7(12(20)14(22)15(23)13(11)21)4-28-6-1-2-8-10(3-6)30-17(24-8)16-25-9(5-29-16)18(26)27/h1-7,12,21H,8-11,13-15H2,(H,38,39);1-10,15-16,25H,11-14,17-19H2,(H,34,35);1-3,9H,4-5H2,(H,26,27)/t21-;25-;9-/m111/s1. The Morgan fingerprint density at radius 3 is 1.11 bits per heavy atom. The molecule has 8 heterocycles. The summed E-state index contributed by atoms with van der Waals surface area (Å²) in [5.41, 5.74) is 4.55. The molecule has 8 aromatic carbocycles. The van der Waals surface area contributed by atoms with Gasteiger partial charge in [-0.25, -0.2) is 68.8 Å². The van der Waals surface area contributed by atoms with E-state index in [9.17, 15) is 59.7 Å². The largest absolute Gasteiger partial charge is 0.489 e. The summed E-state index contributed by atoms with van der Waals surface area (Å²) in [6.45, 7) is 6.15. The summed E-state index contributed by atoms with van der Waals surface area (Å²) >= 11 is 8.02. The molecule has 34 heteroatoms. The summed E-state index contributed by atoms with van der Waals surface area (Å²) in [6.07, 6.45) is 0. The molecule has 3 atom stereocenters. The van der Waals surface area contributed by atoms with Gasteiger partial charge in [0.1, 0.15) is 73.0 Å². The van der Waals surface area contributed by atoms with Crippen molar-refractivity contribution in [3.05, 3.63) is 235 Å². The minimum atomic E-state index is -2.23. The van der Waals surface area contributed by atoms with Crippen LogP contribution in [0.5, 0.6) is 17.2 Å². The van der Waals surface area contributed by atoms with Crippen molar-refractivity contribution in [3.63, 3.8) is 0 Å². The van der Waals surface area contributed by atoms with Gasteiger partial charge in [0.2, 0.25) is 5.82 Å². The van der Waals surface area contributed by atoms with Crippen LogP contribution in [0.2, 0.25) is 0 Å². The monoisotopic (exact) mass is 1620 g/mol. The molecule has 0 aliphatic carbocycles. The molecule has 3 aromatic heterocycles. The van der Waals surface area contributed by atoms with E-state index in [-0.39, 0.29) is 18.0 Å². The first kappa shape index (κ1) is 76.9. The van der Waals surface area contributed by atoms with Crippen molar-refractivity contribution >= 4 is 144 Å². The molecule has 16 rings (SSSR count). The molecule has 5 aliphatic heterocycles. The molecule has 2 saturated heterocycles. The summed E-state index contributed by atoms with van der Waals surface area (Å²) in [7, 11) is 0. The van der Waals surface area contributed by atoms with Gasteiger partial charge in [-0.3, -0.25) is 24.8 Å². The molecule has 0 bridgehead atoms. The number of anilines is 2. The third-order valence-corrected chi connectivity index (χ3v) is 24.7. The molecule has 110 heavy (non-hydrogen) atoms. The van der Waals surface area contributed by atoms with E-state index in [0.717, 1.165) is 64.9 Å². The number of rotatable bonds is 21. The molecule has 568 valence electrons. The average molecular weight is 1620 g/mol. The zero-order valence-electron chi connectivity index (χ0n) is 57.4. The van der Waals surface area contributed by atoms with Crippen LogP contribution in [0.15, 0.2) is 155 Å². The number of ether oxygens (including phenoxy) is 3. The van der Waals surface area contributed by atoms with Crippen molar-refractivity contribution in [2.75, 3.05) is 79.4 Å². The molecule has 0 saturated carbocycles. The van der Waals surface area contributed by atoms with Crippen LogP contribution in [-0.4, -0.2) is 161 Å². The van der Waals surface area contributed by atoms with Gasteiger partial charge in [-0.2, -0.15) is 0 Å². The number of aliphatic imine (C=N–C) groups is 3. The number of carbonyl (C=O) groups is 3. The number of halogens is 9. The van der Waals surface area contributed by atoms with Crippen LogP contribution in [0, 0.1) is 52.4 Å². The number of hydrogen-bond acceptors (Lipinski definition) is 22. The Labute approximate surface area is 645 Å². The second-order valence-electron chi connectivity index (χ2n) is 25.4. The van der Waals surface area contributed by atoms with Crippen LogP contribution in [0.25, 0.3) is 30.6 Å². The SMILES string of the molecule is O=C(O)[C@H]1CSC(c2nc3ccc(OCc4c(F)c(F)c(F)c(CN5CCN(c6ccccc6)CC5)c4F)cc3s2)=N1.O=C(O)[C@H]1CSC(c2nc3ccc(OCc4c(F)c(F)c(F)c(F)c4F)cc3s2)=N1.O=C(O)[C@H]1CSC(c2nc3ccc(OCc4cccc(CN5CCN(c6ccccc6)CC5)c4)cc3s2)=N1. The van der Waals surface area contributed by atoms with Gasteiger partial charge < -0.3 is 39.3 Å². The minimum Gasteiger partial charge on any atom is -0.489 e. The van der Waals surface area contributed by atoms with Gasteiger partial charge in [-0.1, -0.05) is 60.7 Å². The highest BCUT2D eigenvalue weighted by molar-refractivity contribution is 8.15. The average Bonchev–Trinajstić information content (AvgIpc) is 1.72. The number of thiazole rings is 3. The van der Waals surface area contributed by atoms with Crippen molar-refractivity contribution in [3.8, 4) is 17.2 Å². The lowest BCUT2D eigenvalue weighted by atomic mass is 10.1. The van der Waals surface area contributed by atoms with Crippen molar-refractivity contribution < 1.29 is 83.4 Å². The Morgan fingerprint density at radius 2 is 0.718 bits per heavy atom. The number of aliphatic carboxylic acids is 3. The Morgan fingerprint density at radius 1 is 0.373 bits per heavy atom. The molecule has 0 spiro atoms. The molecule has 0 radical (unpaired) electrons. The van der Waals surface area contributed by atoms with Crippen LogP contribution in [-0.2, 0) is 47.3 Å². The molecule has 3 N–H and O–H groups in total. The molecule has 2 fully saturated rings. The highest BCUT2D eigenvalue weighted by Gasteiger charge is 2.33. The number of fused-ring (bicyclic) bond motifs is 3. The number of piperazine rings is 2. The number of hydrogen-bond donors (Lipinski definition) is 3. The van der Waals surface area contributed by atoms with Crippen molar-refractivity contribution in [1.29, 1.82) is 0 Å². The lowest BCUT2D eigenvalue weighted by molar-refractivity contribution is -0.138. The van der Waals surface area contributed by atoms with E-state index >= 15 is 4.39 Å². The van der Waals surface area contributed by atoms with Gasteiger partial charge in [0.15, 0.2) is 58.8 Å². The maximum Gasteiger partial charge on any atom is 0.329 e. The van der Waals surface area contributed by atoms with Crippen LogP contribution in [0.3, 0.4) is 0 Å². The van der Waals surface area contributed by atoms with E-state index < -0.39 is 118 Å². The molecular weight excluding hydrogens is 1560 g/mol. The summed E-state index contributed by atoms with van der Waals surface area (Å²) < 4.78 is 146. The van der Waals surface area contributed by atoms with E-state index in [1.165, 1.54) is 92.7 Å². The highest BCUT2D eigenvalue weighted by atomic mass is 32.2. The Hall–Kier alpha value is -9.81. The molecule has 19 nitrogen and oxygen atoms in total. The summed E-state index contributed by atoms with van der Waals surface area (Å²) in [5, 5.41) is 31.0. The number of carboxylic acid groups (broad SMARTS) is 3. The Balaban J connectivity index is 0.000000139. The van der Waals surface area contributed by atoms with E-state index in [4.69, 9.17) is 19.3 Å². The number of aromatic nitrogens is 3. The van der Waals surface area contributed by atoms with Crippen molar-refractivity contribution in [2.45, 2.75) is 51.0 Å². The third-order valence-electron chi connectivity index (χ3n) is 18.1. The van der Waals surface area contributed by atoms with Gasteiger partial charge in [0.25, 0.3) is 0 Å². The Bertz CT molecular complexity index is 5370. The predicted octanol–water partition coefficient (Wildman–Crippen LogP) is 15.4. The minimum absolute atomic E-state index is 0.131. The van der Waals surface area contributed by atoms with Gasteiger partial charge >= 0.3 is 17.9 Å². The van der Waals surface area contributed by atoms with Crippen molar-refractivity contribution in [2.24, 2.45) is 15.0 Å². The lowest BCUT2D eigenvalue weighted by Gasteiger charge is -2.36. The zero-order chi connectivity index (χ0) is 76.9. The van der Waals surface area contributed by atoms with Gasteiger partial charge in [-0.05, 0) is 90.0 Å². The number of para-hydroxylation sites is 2. The maximum atomic E-state index is 15.5. The fourth-order valence-electron chi connectivity index (χ4n) is 12.3. The van der Waals surface area contributed by atoms with E-state index in [1.54, 1.807) is 24.3 Å². The highest BCUT2D eigenvalue weighted by Crippen LogP contribution is 2.37. The summed E-state index contributed by atoms with van der Waals surface area (Å²) in [5.74, 6) is -16.9. The molecule has 0 unspecified atom stereocenters. The topological polar surface area (TPSA) is 228 Å². The fourth-order valence-corrected chi connectivity index (χ4v) is 18.5. The van der Waals surface area contributed by atoms with Gasteiger partial charge in [0.05, 0.1) is 41.8 Å². The molecule has 5 aliphatic rings. The molecular formula is C76H61F9N10O9S6. The molecule has 11 aromatic rings. The predicted molar refractivity (Wildman–Crippen MR) is 410 cm³/mol. The number of nitrogens with zero attached hydrogens (tertiary/aromatic N) is 10. The number of carboxylic acids is 3.